The fraction of sp³-hybridized carbons (Fsp3) is 0.579. The van der Waals surface area contributed by atoms with E-state index in [9.17, 15) is 4.79 Å². The van der Waals surface area contributed by atoms with Gasteiger partial charge in [-0.1, -0.05) is 19.0 Å². The van der Waals surface area contributed by atoms with Crippen molar-refractivity contribution in [1.82, 2.24) is 20.0 Å². The second-order valence-electron chi connectivity index (χ2n) is 7.52. The number of ether oxygens (including phenoxy) is 1. The minimum absolute atomic E-state index is 0.0410. The summed E-state index contributed by atoms with van der Waals surface area (Å²) in [5.41, 5.74) is 0.846. The average molecular weight is 371 g/mol. The predicted molar refractivity (Wildman–Crippen MR) is 99.2 cm³/mol. The van der Waals surface area contributed by atoms with E-state index in [-0.39, 0.29) is 17.7 Å². The molecule has 2 saturated heterocycles. The summed E-state index contributed by atoms with van der Waals surface area (Å²) in [4.78, 5) is 23.0. The molecule has 0 saturated carbocycles. The second kappa shape index (κ2) is 7.64. The molecule has 2 aliphatic heterocycles. The van der Waals surface area contributed by atoms with Crippen LogP contribution in [0.2, 0.25) is 0 Å². The SMILES string of the molecule is CC(C)C(=O)N1CCC(c2noc(-c3ccnc(NC4COC4)c3)n2)CC1. The van der Waals surface area contributed by atoms with Crippen LogP contribution in [0.5, 0.6) is 0 Å². The Morgan fingerprint density at radius 2 is 2.07 bits per heavy atom. The monoisotopic (exact) mass is 371 g/mol. The fourth-order valence-electron chi connectivity index (χ4n) is 3.41. The maximum absolute atomic E-state index is 12.1. The van der Waals surface area contributed by atoms with Gasteiger partial charge < -0.3 is 19.5 Å². The topological polar surface area (TPSA) is 93.4 Å². The van der Waals surface area contributed by atoms with Gasteiger partial charge in [0.05, 0.1) is 19.3 Å². The molecule has 2 aromatic heterocycles. The van der Waals surface area contributed by atoms with Gasteiger partial charge in [-0.05, 0) is 25.0 Å². The molecule has 0 aliphatic carbocycles. The van der Waals surface area contributed by atoms with Crippen LogP contribution < -0.4 is 5.32 Å². The lowest BCUT2D eigenvalue weighted by atomic mass is 9.95. The number of piperidine rings is 1. The lowest BCUT2D eigenvalue weighted by Crippen LogP contribution is -2.40. The maximum atomic E-state index is 12.1. The number of nitrogens with zero attached hydrogens (tertiary/aromatic N) is 4. The van der Waals surface area contributed by atoms with E-state index in [1.54, 1.807) is 6.20 Å². The molecule has 4 rings (SSSR count). The van der Waals surface area contributed by atoms with Crippen LogP contribution in [0.25, 0.3) is 11.5 Å². The van der Waals surface area contributed by atoms with Crippen LogP contribution >= 0.6 is 0 Å². The summed E-state index contributed by atoms with van der Waals surface area (Å²) in [6.45, 7) is 6.78. The van der Waals surface area contributed by atoms with E-state index in [2.05, 4.69) is 20.4 Å². The third-order valence-electron chi connectivity index (χ3n) is 5.10. The van der Waals surface area contributed by atoms with Crippen LogP contribution in [-0.2, 0) is 9.53 Å². The second-order valence-corrected chi connectivity index (χ2v) is 7.52. The van der Waals surface area contributed by atoms with E-state index in [0.29, 0.717) is 25.1 Å². The maximum Gasteiger partial charge on any atom is 0.258 e. The number of hydrogen-bond acceptors (Lipinski definition) is 7. The average Bonchev–Trinajstić information content (AvgIpc) is 3.15. The van der Waals surface area contributed by atoms with Gasteiger partial charge >= 0.3 is 0 Å². The van der Waals surface area contributed by atoms with Crippen LogP contribution in [0.4, 0.5) is 5.82 Å². The van der Waals surface area contributed by atoms with E-state index >= 15 is 0 Å². The molecular formula is C19H25N5O3. The highest BCUT2D eigenvalue weighted by molar-refractivity contribution is 5.78. The molecule has 0 atom stereocenters. The van der Waals surface area contributed by atoms with Crippen molar-refractivity contribution in [1.29, 1.82) is 0 Å². The summed E-state index contributed by atoms with van der Waals surface area (Å²) in [5.74, 6) is 2.49. The van der Waals surface area contributed by atoms with Crippen molar-refractivity contribution in [2.24, 2.45) is 5.92 Å². The third-order valence-corrected chi connectivity index (χ3v) is 5.10. The normalized spacial score (nSPS) is 18.6. The number of likely N-dealkylation sites (tertiary alicyclic amines) is 1. The van der Waals surface area contributed by atoms with Gasteiger partial charge in [0.1, 0.15) is 5.82 Å². The van der Waals surface area contributed by atoms with Crippen LogP contribution in [0, 0.1) is 5.92 Å². The fourth-order valence-corrected chi connectivity index (χ4v) is 3.41. The number of hydrogen-bond donors (Lipinski definition) is 1. The predicted octanol–water partition coefficient (Wildman–Crippen LogP) is 2.30. The van der Waals surface area contributed by atoms with Gasteiger partial charge in [0.25, 0.3) is 5.89 Å². The Morgan fingerprint density at radius 1 is 1.30 bits per heavy atom. The Bertz CT molecular complexity index is 794. The van der Waals surface area contributed by atoms with Crippen LogP contribution in [0.15, 0.2) is 22.9 Å². The van der Waals surface area contributed by atoms with Gasteiger partial charge in [0.15, 0.2) is 5.82 Å². The number of anilines is 1. The minimum atomic E-state index is 0.0410. The standard InChI is InChI=1S/C19H25N5O3/c1-12(2)19(25)24-7-4-13(5-8-24)17-22-18(27-23-17)14-3-6-20-16(9-14)21-15-10-26-11-15/h3,6,9,12-13,15H,4-5,7-8,10-11H2,1-2H3,(H,20,21). The molecule has 2 aromatic rings. The van der Waals surface area contributed by atoms with Crippen molar-refractivity contribution in [2.45, 2.75) is 38.6 Å². The molecule has 4 heterocycles. The zero-order valence-electron chi connectivity index (χ0n) is 15.7. The molecule has 2 fully saturated rings. The molecule has 0 spiro atoms. The molecule has 0 aromatic carbocycles. The lowest BCUT2D eigenvalue weighted by molar-refractivity contribution is -0.135. The number of carbonyl (C=O) groups excluding carboxylic acids is 1. The van der Waals surface area contributed by atoms with E-state index in [1.807, 2.05) is 30.9 Å². The lowest BCUT2D eigenvalue weighted by Gasteiger charge is -2.31. The number of amides is 1. The smallest absolute Gasteiger partial charge is 0.258 e. The molecule has 1 amide bonds. The van der Waals surface area contributed by atoms with E-state index in [0.717, 1.165) is 43.1 Å². The first-order chi connectivity index (χ1) is 13.1. The van der Waals surface area contributed by atoms with E-state index in [4.69, 9.17) is 9.26 Å². The Kier molecular flexibility index (Phi) is 5.07. The Labute approximate surface area is 158 Å². The number of rotatable bonds is 5. The van der Waals surface area contributed by atoms with Crippen molar-refractivity contribution >= 4 is 11.7 Å². The van der Waals surface area contributed by atoms with Gasteiger partial charge in [-0.3, -0.25) is 4.79 Å². The first-order valence-electron chi connectivity index (χ1n) is 9.53. The summed E-state index contributed by atoms with van der Waals surface area (Å²) < 4.78 is 10.7. The van der Waals surface area contributed by atoms with Gasteiger partial charge in [0.2, 0.25) is 5.91 Å². The zero-order valence-corrected chi connectivity index (χ0v) is 15.7. The highest BCUT2D eigenvalue weighted by Crippen LogP contribution is 2.29. The van der Waals surface area contributed by atoms with Gasteiger partial charge in [-0.2, -0.15) is 4.98 Å². The highest BCUT2D eigenvalue weighted by Gasteiger charge is 2.28. The first-order valence-corrected chi connectivity index (χ1v) is 9.53. The quantitative estimate of drug-likeness (QED) is 0.862. The number of nitrogens with one attached hydrogen (secondary N) is 1. The molecular weight excluding hydrogens is 346 g/mol. The summed E-state index contributed by atoms with van der Waals surface area (Å²) >= 11 is 0. The molecule has 0 radical (unpaired) electrons. The van der Waals surface area contributed by atoms with Crippen LogP contribution in [0.1, 0.15) is 38.4 Å². The Balaban J connectivity index is 1.40. The van der Waals surface area contributed by atoms with Gasteiger partial charge in [-0.25, -0.2) is 4.98 Å². The van der Waals surface area contributed by atoms with Crippen LogP contribution in [0.3, 0.4) is 0 Å². The number of carbonyl (C=O) groups is 1. The van der Waals surface area contributed by atoms with Crippen molar-refractivity contribution in [2.75, 3.05) is 31.6 Å². The Hall–Kier alpha value is -2.48. The molecule has 27 heavy (non-hydrogen) atoms. The van der Waals surface area contributed by atoms with Crippen LogP contribution in [-0.4, -0.2) is 58.3 Å². The van der Waals surface area contributed by atoms with Crippen molar-refractivity contribution in [3.05, 3.63) is 24.2 Å². The van der Waals surface area contributed by atoms with E-state index in [1.165, 1.54) is 0 Å². The summed E-state index contributed by atoms with van der Waals surface area (Å²) in [7, 11) is 0. The van der Waals surface area contributed by atoms with E-state index < -0.39 is 0 Å². The Morgan fingerprint density at radius 3 is 2.74 bits per heavy atom. The molecule has 2 aliphatic rings. The number of pyridine rings is 1. The molecule has 144 valence electrons. The zero-order chi connectivity index (χ0) is 18.8. The van der Waals surface area contributed by atoms with Gasteiger partial charge in [-0.15, -0.1) is 0 Å². The molecule has 8 nitrogen and oxygen atoms in total. The molecule has 0 bridgehead atoms. The van der Waals surface area contributed by atoms with Crippen molar-refractivity contribution in [3.63, 3.8) is 0 Å². The highest BCUT2D eigenvalue weighted by atomic mass is 16.5. The van der Waals surface area contributed by atoms with Crippen molar-refractivity contribution < 1.29 is 14.1 Å². The third kappa shape index (κ3) is 3.95. The van der Waals surface area contributed by atoms with Gasteiger partial charge in [0, 0.05) is 36.7 Å². The molecule has 1 N–H and O–H groups in total. The summed E-state index contributed by atoms with van der Waals surface area (Å²) in [5, 5.41) is 7.51. The summed E-state index contributed by atoms with van der Waals surface area (Å²) in [6.07, 6.45) is 3.46. The minimum Gasteiger partial charge on any atom is -0.377 e. The molecule has 8 heteroatoms. The molecule has 0 unspecified atom stereocenters. The summed E-state index contributed by atoms with van der Waals surface area (Å²) in [6, 6.07) is 4.09. The largest absolute Gasteiger partial charge is 0.377 e. The van der Waals surface area contributed by atoms with Crippen molar-refractivity contribution in [3.8, 4) is 11.5 Å². The first kappa shape index (κ1) is 17.9. The number of aromatic nitrogens is 3.